The maximum atomic E-state index is 13.2. The predicted molar refractivity (Wildman–Crippen MR) is 142 cm³/mol. The highest BCUT2D eigenvalue weighted by Crippen LogP contribution is 2.39. The van der Waals surface area contributed by atoms with Crippen molar-refractivity contribution in [2.75, 3.05) is 38.8 Å². The van der Waals surface area contributed by atoms with Gasteiger partial charge >= 0.3 is 0 Å². The van der Waals surface area contributed by atoms with E-state index in [0.717, 1.165) is 30.5 Å². The Bertz CT molecular complexity index is 1060. The molecule has 2 aromatic carbocycles. The monoisotopic (exact) mass is 494 g/mol. The Hall–Kier alpha value is -3.32. The van der Waals surface area contributed by atoms with E-state index in [1.165, 1.54) is 4.90 Å². The second kappa shape index (κ2) is 12.6. The van der Waals surface area contributed by atoms with Crippen LogP contribution in [-0.2, 0) is 14.3 Å². The van der Waals surface area contributed by atoms with Crippen molar-refractivity contribution >= 4 is 23.1 Å². The Kier molecular flexibility index (Phi) is 9.53. The molecule has 0 aliphatic carbocycles. The first-order valence-electron chi connectivity index (χ1n) is 12.6. The zero-order valence-corrected chi connectivity index (χ0v) is 22.0. The minimum Gasteiger partial charge on any atom is -0.507 e. The largest absolute Gasteiger partial charge is 0.507 e. The summed E-state index contributed by atoms with van der Waals surface area (Å²) in [5.74, 6) is -0.829. The molecule has 2 aromatic rings. The van der Waals surface area contributed by atoms with E-state index in [1.807, 2.05) is 57.1 Å². The molecule has 1 heterocycles. The molecule has 1 aliphatic heterocycles. The minimum atomic E-state index is -0.707. The van der Waals surface area contributed by atoms with Crippen molar-refractivity contribution in [3.63, 3.8) is 0 Å². The number of aliphatic hydroxyl groups is 1. The van der Waals surface area contributed by atoms with Gasteiger partial charge in [-0.05, 0) is 62.2 Å². The molecule has 0 saturated carbocycles. The maximum absolute atomic E-state index is 13.2. The second-order valence-corrected chi connectivity index (χ2v) is 9.48. The Morgan fingerprint density at radius 2 is 1.67 bits per heavy atom. The van der Waals surface area contributed by atoms with Crippen molar-refractivity contribution < 1.29 is 24.2 Å². The standard InChI is InChI=1S/C29H38N2O5/c1-6-7-8-18-36-24-15-11-22(12-16-24)27(32)25-26(21-9-13-23(14-10-21)30(4)5)31(29(34)28(25)33)17-19-35-20(2)3/h9-16,20,26,32H,6-8,17-19H2,1-5H3/b27-25-. The summed E-state index contributed by atoms with van der Waals surface area (Å²) < 4.78 is 11.4. The van der Waals surface area contributed by atoms with Gasteiger partial charge in [-0.1, -0.05) is 31.9 Å². The summed E-state index contributed by atoms with van der Waals surface area (Å²) >= 11 is 0. The third-order valence-corrected chi connectivity index (χ3v) is 6.19. The molecule has 7 heteroatoms. The number of benzene rings is 2. The first kappa shape index (κ1) is 27.3. The van der Waals surface area contributed by atoms with Crippen LogP contribution in [0.15, 0.2) is 54.1 Å². The summed E-state index contributed by atoms with van der Waals surface area (Å²) in [4.78, 5) is 29.7. The number of likely N-dealkylation sites (tertiary alicyclic amines) is 1. The number of hydrogen-bond donors (Lipinski definition) is 1. The highest BCUT2D eigenvalue weighted by Gasteiger charge is 2.45. The van der Waals surface area contributed by atoms with E-state index in [4.69, 9.17) is 9.47 Å². The SMILES string of the molecule is CCCCCOc1ccc(/C(O)=C2/C(=O)C(=O)N(CCOC(C)C)C2c2ccc(N(C)C)cc2)cc1. The molecule has 1 atom stereocenters. The van der Waals surface area contributed by atoms with Crippen LogP contribution in [-0.4, -0.2) is 61.7 Å². The summed E-state index contributed by atoms with van der Waals surface area (Å²) in [6, 6.07) is 13.9. The van der Waals surface area contributed by atoms with Crippen LogP contribution in [0.2, 0.25) is 0 Å². The fraction of sp³-hybridized carbons (Fsp3) is 0.448. The lowest BCUT2D eigenvalue weighted by atomic mass is 9.95. The average Bonchev–Trinajstić information content (AvgIpc) is 3.11. The third kappa shape index (κ3) is 6.46. The number of hydrogen-bond acceptors (Lipinski definition) is 6. The number of rotatable bonds is 12. The molecule has 7 nitrogen and oxygen atoms in total. The van der Waals surface area contributed by atoms with Crippen LogP contribution >= 0.6 is 0 Å². The van der Waals surface area contributed by atoms with Crippen LogP contribution in [0, 0.1) is 0 Å². The molecule has 0 bridgehead atoms. The van der Waals surface area contributed by atoms with Gasteiger partial charge in [0, 0.05) is 31.9 Å². The number of amides is 1. The van der Waals surface area contributed by atoms with Gasteiger partial charge in [-0.25, -0.2) is 0 Å². The zero-order chi connectivity index (χ0) is 26.2. The number of ether oxygens (including phenoxy) is 2. The fourth-order valence-electron chi connectivity index (χ4n) is 4.21. The van der Waals surface area contributed by atoms with Crippen molar-refractivity contribution in [2.24, 2.45) is 0 Å². The van der Waals surface area contributed by atoms with E-state index in [2.05, 4.69) is 6.92 Å². The lowest BCUT2D eigenvalue weighted by molar-refractivity contribution is -0.140. The summed E-state index contributed by atoms with van der Waals surface area (Å²) in [7, 11) is 3.89. The number of unbranched alkanes of at least 4 members (excludes halogenated alkanes) is 2. The number of carbonyl (C=O) groups is 2. The van der Waals surface area contributed by atoms with Crippen molar-refractivity contribution in [2.45, 2.75) is 52.2 Å². The molecule has 1 saturated heterocycles. The van der Waals surface area contributed by atoms with Gasteiger partial charge in [0.05, 0.1) is 30.9 Å². The van der Waals surface area contributed by atoms with Gasteiger partial charge in [0.1, 0.15) is 11.5 Å². The van der Waals surface area contributed by atoms with Crippen LogP contribution < -0.4 is 9.64 Å². The number of Topliss-reactive ketones (excluding diaryl/α,β-unsaturated/α-hetero) is 1. The van der Waals surface area contributed by atoms with Crippen molar-refractivity contribution in [1.29, 1.82) is 0 Å². The van der Waals surface area contributed by atoms with Gasteiger partial charge in [0.15, 0.2) is 0 Å². The van der Waals surface area contributed by atoms with E-state index >= 15 is 0 Å². The average molecular weight is 495 g/mol. The summed E-state index contributed by atoms with van der Waals surface area (Å²) in [5.41, 5.74) is 2.29. The van der Waals surface area contributed by atoms with Crippen molar-refractivity contribution in [3.8, 4) is 5.75 Å². The van der Waals surface area contributed by atoms with Crippen LogP contribution in [0.3, 0.4) is 0 Å². The Morgan fingerprint density at radius 1 is 1.00 bits per heavy atom. The summed E-state index contributed by atoms with van der Waals surface area (Å²) in [6.07, 6.45) is 3.21. The van der Waals surface area contributed by atoms with E-state index < -0.39 is 17.7 Å². The molecule has 1 amide bonds. The second-order valence-electron chi connectivity index (χ2n) is 9.48. The normalized spacial score (nSPS) is 17.2. The summed E-state index contributed by atoms with van der Waals surface area (Å²) in [5, 5.41) is 11.3. The summed E-state index contributed by atoms with van der Waals surface area (Å²) in [6.45, 7) is 7.14. The van der Waals surface area contributed by atoms with E-state index in [9.17, 15) is 14.7 Å². The minimum absolute atomic E-state index is 0.00218. The zero-order valence-electron chi connectivity index (χ0n) is 22.0. The van der Waals surface area contributed by atoms with E-state index in [-0.39, 0.29) is 24.0 Å². The topological polar surface area (TPSA) is 79.3 Å². The Labute approximate surface area is 214 Å². The molecule has 0 aromatic heterocycles. The molecular weight excluding hydrogens is 456 g/mol. The molecule has 0 spiro atoms. The third-order valence-electron chi connectivity index (χ3n) is 6.19. The molecule has 36 heavy (non-hydrogen) atoms. The lowest BCUT2D eigenvalue weighted by Crippen LogP contribution is -2.33. The number of anilines is 1. The van der Waals surface area contributed by atoms with Crippen LogP contribution in [0.25, 0.3) is 5.76 Å². The first-order valence-corrected chi connectivity index (χ1v) is 12.6. The molecule has 0 radical (unpaired) electrons. The van der Waals surface area contributed by atoms with E-state index in [0.29, 0.717) is 24.5 Å². The first-order chi connectivity index (χ1) is 17.2. The van der Waals surface area contributed by atoms with Gasteiger partial charge in [-0.2, -0.15) is 0 Å². The number of carbonyl (C=O) groups excluding carboxylic acids is 2. The maximum Gasteiger partial charge on any atom is 0.295 e. The lowest BCUT2D eigenvalue weighted by Gasteiger charge is -2.26. The highest BCUT2D eigenvalue weighted by molar-refractivity contribution is 6.46. The molecule has 1 N–H and O–H groups in total. The molecule has 3 rings (SSSR count). The molecular formula is C29H38N2O5. The number of ketones is 1. The Morgan fingerprint density at radius 3 is 2.25 bits per heavy atom. The molecule has 194 valence electrons. The number of nitrogens with zero attached hydrogens (tertiary/aromatic N) is 2. The van der Waals surface area contributed by atoms with E-state index in [1.54, 1.807) is 24.3 Å². The fourth-order valence-corrected chi connectivity index (χ4v) is 4.21. The van der Waals surface area contributed by atoms with Gasteiger partial charge in [-0.15, -0.1) is 0 Å². The number of aliphatic hydroxyl groups excluding tert-OH is 1. The van der Waals surface area contributed by atoms with Gasteiger partial charge < -0.3 is 24.4 Å². The highest BCUT2D eigenvalue weighted by atomic mass is 16.5. The smallest absolute Gasteiger partial charge is 0.295 e. The van der Waals surface area contributed by atoms with Crippen LogP contribution in [0.1, 0.15) is 57.2 Å². The van der Waals surface area contributed by atoms with Gasteiger partial charge in [0.25, 0.3) is 11.7 Å². The Balaban J connectivity index is 1.95. The van der Waals surface area contributed by atoms with Gasteiger partial charge in [0.2, 0.25) is 0 Å². The van der Waals surface area contributed by atoms with Crippen LogP contribution in [0.5, 0.6) is 5.75 Å². The molecule has 1 fully saturated rings. The van der Waals surface area contributed by atoms with Crippen molar-refractivity contribution in [3.05, 3.63) is 65.2 Å². The molecule has 1 aliphatic rings. The van der Waals surface area contributed by atoms with Crippen LogP contribution in [0.4, 0.5) is 5.69 Å². The predicted octanol–water partition coefficient (Wildman–Crippen LogP) is 5.17. The van der Waals surface area contributed by atoms with Gasteiger partial charge in [-0.3, -0.25) is 9.59 Å². The molecule has 1 unspecified atom stereocenters. The van der Waals surface area contributed by atoms with Crippen molar-refractivity contribution in [1.82, 2.24) is 4.90 Å². The quantitative estimate of drug-likeness (QED) is 0.190.